The lowest BCUT2D eigenvalue weighted by molar-refractivity contribution is 0.311. The summed E-state index contributed by atoms with van der Waals surface area (Å²) in [6, 6.07) is 4.46. The molecule has 1 rings (SSSR count). The molecule has 1 aromatic carbocycles. The van der Waals surface area contributed by atoms with Gasteiger partial charge in [0.15, 0.2) is 0 Å². The average Bonchev–Trinajstić information content (AvgIpc) is 2.15. The highest BCUT2D eigenvalue weighted by atomic mass is 16.3. The van der Waals surface area contributed by atoms with E-state index in [4.69, 9.17) is 5.11 Å². The van der Waals surface area contributed by atoms with Crippen molar-refractivity contribution >= 4 is 5.69 Å². The van der Waals surface area contributed by atoms with Crippen molar-refractivity contribution in [3.05, 3.63) is 28.8 Å². The van der Waals surface area contributed by atoms with Crippen molar-refractivity contribution in [3.63, 3.8) is 0 Å². The fourth-order valence-electron chi connectivity index (χ4n) is 1.86. The molecule has 2 N–H and O–H groups in total. The zero-order chi connectivity index (χ0) is 12.3. The Morgan fingerprint density at radius 3 is 2.00 bits per heavy atom. The number of anilines is 1. The van der Waals surface area contributed by atoms with Gasteiger partial charge in [-0.15, -0.1) is 0 Å². The number of hydrogen-bond donors (Lipinski definition) is 2. The minimum Gasteiger partial charge on any atom is -0.395 e. The van der Waals surface area contributed by atoms with Crippen LogP contribution in [0.15, 0.2) is 12.1 Å². The first-order valence-electron chi connectivity index (χ1n) is 5.82. The molecule has 0 bridgehead atoms. The molecule has 90 valence electrons. The third-order valence-corrected chi connectivity index (χ3v) is 2.81. The van der Waals surface area contributed by atoms with E-state index in [0.717, 1.165) is 5.69 Å². The van der Waals surface area contributed by atoms with Crippen molar-refractivity contribution in [2.75, 3.05) is 18.5 Å². The minimum absolute atomic E-state index is 0.167. The normalized spacial score (nSPS) is 11.6. The predicted molar refractivity (Wildman–Crippen MR) is 70.2 cm³/mol. The van der Waals surface area contributed by atoms with Crippen LogP contribution in [0.4, 0.5) is 5.69 Å². The summed E-state index contributed by atoms with van der Waals surface area (Å²) in [6.07, 6.45) is 0. The number of aliphatic hydroxyl groups excluding tert-OH is 1. The van der Waals surface area contributed by atoms with E-state index in [2.05, 4.69) is 52.1 Å². The molecule has 2 heteroatoms. The molecule has 0 aliphatic carbocycles. The number of aryl methyl sites for hydroxylation is 2. The summed E-state index contributed by atoms with van der Waals surface area (Å²) >= 11 is 0. The van der Waals surface area contributed by atoms with Crippen LogP contribution in [0.5, 0.6) is 0 Å². The van der Waals surface area contributed by atoms with Crippen LogP contribution in [0.1, 0.15) is 37.5 Å². The van der Waals surface area contributed by atoms with E-state index in [1.54, 1.807) is 0 Å². The van der Waals surface area contributed by atoms with Crippen LogP contribution < -0.4 is 5.32 Å². The van der Waals surface area contributed by atoms with Crippen LogP contribution in [0.3, 0.4) is 0 Å². The van der Waals surface area contributed by atoms with E-state index in [-0.39, 0.29) is 12.0 Å². The Balaban J connectivity index is 3.08. The SMILES string of the molecule is Cc1cc(C(C)(C)C)cc(C)c1NCCO. The first-order valence-corrected chi connectivity index (χ1v) is 5.82. The number of nitrogens with one attached hydrogen (secondary N) is 1. The lowest BCUT2D eigenvalue weighted by Crippen LogP contribution is -2.14. The minimum atomic E-state index is 0.167. The second-order valence-electron chi connectivity index (χ2n) is 5.39. The molecule has 0 saturated carbocycles. The molecule has 0 aliphatic rings. The molecule has 0 aromatic heterocycles. The zero-order valence-corrected chi connectivity index (χ0v) is 11.0. The van der Waals surface area contributed by atoms with Gasteiger partial charge in [-0.05, 0) is 36.0 Å². The molecule has 1 aromatic rings. The monoisotopic (exact) mass is 221 g/mol. The second-order valence-corrected chi connectivity index (χ2v) is 5.39. The standard InChI is InChI=1S/C14H23NO/c1-10-8-12(14(3,4)5)9-11(2)13(10)15-6-7-16/h8-9,15-16H,6-7H2,1-5H3. The van der Waals surface area contributed by atoms with E-state index in [9.17, 15) is 0 Å². The lowest BCUT2D eigenvalue weighted by Gasteiger charge is -2.22. The smallest absolute Gasteiger partial charge is 0.0604 e. The Labute approximate surface area is 98.7 Å². The quantitative estimate of drug-likeness (QED) is 0.822. The van der Waals surface area contributed by atoms with E-state index >= 15 is 0 Å². The highest BCUT2D eigenvalue weighted by Crippen LogP contribution is 2.29. The predicted octanol–water partition coefficient (Wildman–Crippen LogP) is 3.01. The molecule has 16 heavy (non-hydrogen) atoms. The summed E-state index contributed by atoms with van der Waals surface area (Å²) in [5.41, 5.74) is 5.20. The largest absolute Gasteiger partial charge is 0.395 e. The second kappa shape index (κ2) is 4.88. The van der Waals surface area contributed by atoms with Gasteiger partial charge in [-0.2, -0.15) is 0 Å². The first-order chi connectivity index (χ1) is 7.36. The van der Waals surface area contributed by atoms with Gasteiger partial charge in [0.2, 0.25) is 0 Å². The summed E-state index contributed by atoms with van der Waals surface area (Å²) in [5.74, 6) is 0. The molecule has 0 radical (unpaired) electrons. The maximum Gasteiger partial charge on any atom is 0.0604 e. The van der Waals surface area contributed by atoms with Gasteiger partial charge in [0, 0.05) is 12.2 Å². The Bertz CT molecular complexity index is 340. The van der Waals surface area contributed by atoms with Crippen molar-refractivity contribution < 1.29 is 5.11 Å². The summed E-state index contributed by atoms with van der Waals surface area (Å²) in [5, 5.41) is 12.1. The molecule has 0 heterocycles. The fourth-order valence-corrected chi connectivity index (χ4v) is 1.86. The van der Waals surface area contributed by atoms with Crippen molar-refractivity contribution in [2.24, 2.45) is 0 Å². The van der Waals surface area contributed by atoms with Crippen molar-refractivity contribution in [1.82, 2.24) is 0 Å². The van der Waals surface area contributed by atoms with Crippen molar-refractivity contribution in [2.45, 2.75) is 40.0 Å². The topological polar surface area (TPSA) is 32.3 Å². The molecule has 0 saturated heterocycles. The Morgan fingerprint density at radius 2 is 1.62 bits per heavy atom. The van der Waals surface area contributed by atoms with Crippen LogP contribution in [0.25, 0.3) is 0 Å². The average molecular weight is 221 g/mol. The molecule has 0 spiro atoms. The van der Waals surface area contributed by atoms with Gasteiger partial charge < -0.3 is 10.4 Å². The van der Waals surface area contributed by atoms with Crippen LogP contribution in [-0.2, 0) is 5.41 Å². The van der Waals surface area contributed by atoms with Gasteiger partial charge in [-0.1, -0.05) is 32.9 Å². The molecule has 2 nitrogen and oxygen atoms in total. The Morgan fingerprint density at radius 1 is 1.12 bits per heavy atom. The van der Waals surface area contributed by atoms with Gasteiger partial charge in [-0.3, -0.25) is 0 Å². The van der Waals surface area contributed by atoms with Gasteiger partial charge in [0.1, 0.15) is 0 Å². The lowest BCUT2D eigenvalue weighted by atomic mass is 9.85. The molecule has 0 fully saturated rings. The van der Waals surface area contributed by atoms with Gasteiger partial charge in [-0.25, -0.2) is 0 Å². The van der Waals surface area contributed by atoms with Crippen LogP contribution in [0, 0.1) is 13.8 Å². The summed E-state index contributed by atoms with van der Waals surface area (Å²) < 4.78 is 0. The Hall–Kier alpha value is -1.02. The van der Waals surface area contributed by atoms with Crippen LogP contribution in [0.2, 0.25) is 0 Å². The van der Waals surface area contributed by atoms with Crippen molar-refractivity contribution in [1.29, 1.82) is 0 Å². The molecular formula is C14H23NO. The van der Waals surface area contributed by atoms with Gasteiger partial charge in [0.25, 0.3) is 0 Å². The van der Waals surface area contributed by atoms with Crippen LogP contribution >= 0.6 is 0 Å². The maximum atomic E-state index is 8.83. The van der Waals surface area contributed by atoms with E-state index in [0.29, 0.717) is 6.54 Å². The highest BCUT2D eigenvalue weighted by molar-refractivity contribution is 5.59. The van der Waals surface area contributed by atoms with E-state index < -0.39 is 0 Å². The Kier molecular flexibility index (Phi) is 3.98. The van der Waals surface area contributed by atoms with Gasteiger partial charge in [0.05, 0.1) is 6.61 Å². The summed E-state index contributed by atoms with van der Waals surface area (Å²) in [4.78, 5) is 0. The summed E-state index contributed by atoms with van der Waals surface area (Å²) in [6.45, 7) is 11.7. The summed E-state index contributed by atoms with van der Waals surface area (Å²) in [7, 11) is 0. The third kappa shape index (κ3) is 2.99. The number of aliphatic hydroxyl groups is 1. The molecule has 0 atom stereocenters. The molecule has 0 unspecified atom stereocenters. The highest BCUT2D eigenvalue weighted by Gasteiger charge is 2.15. The van der Waals surface area contributed by atoms with Crippen LogP contribution in [-0.4, -0.2) is 18.3 Å². The van der Waals surface area contributed by atoms with Crippen molar-refractivity contribution in [3.8, 4) is 0 Å². The van der Waals surface area contributed by atoms with E-state index in [1.807, 2.05) is 0 Å². The zero-order valence-electron chi connectivity index (χ0n) is 11.0. The molecule has 0 amide bonds. The fraction of sp³-hybridized carbons (Fsp3) is 0.571. The molecule has 0 aliphatic heterocycles. The number of hydrogen-bond acceptors (Lipinski definition) is 2. The number of rotatable bonds is 3. The third-order valence-electron chi connectivity index (χ3n) is 2.81. The first kappa shape index (κ1) is 13.0. The maximum absolute atomic E-state index is 8.83. The number of benzene rings is 1. The molecular weight excluding hydrogens is 198 g/mol. The van der Waals surface area contributed by atoms with Gasteiger partial charge >= 0.3 is 0 Å². The van der Waals surface area contributed by atoms with E-state index in [1.165, 1.54) is 16.7 Å².